The van der Waals surface area contributed by atoms with E-state index in [-0.39, 0.29) is 5.56 Å². The highest BCUT2D eigenvalue weighted by Crippen LogP contribution is 2.30. The first-order valence-electron chi connectivity index (χ1n) is 5.75. The minimum atomic E-state index is -0.717. The zero-order valence-electron chi connectivity index (χ0n) is 10.6. The molecule has 0 aliphatic carbocycles. The Kier molecular flexibility index (Phi) is 3.99. The number of thiophene rings is 1. The molecule has 0 unspecified atom stereocenters. The van der Waals surface area contributed by atoms with Crippen LogP contribution in [0, 0.1) is 10.1 Å². The lowest BCUT2D eigenvalue weighted by Crippen LogP contribution is -2.25. The van der Waals surface area contributed by atoms with E-state index in [0.29, 0.717) is 6.54 Å². The highest BCUT2D eigenvalue weighted by molar-refractivity contribution is 7.09. The molecule has 104 valence electrons. The highest BCUT2D eigenvalue weighted by Gasteiger charge is 2.23. The standard InChI is InChI=1S/C13H12N2O4S/c1-14(8-9-4-3-7-20-9)13(17)10-5-2-6-11(12(10)16)15(18)19/h2-7,16H,8H2,1H3. The molecule has 1 N–H and O–H groups in total. The van der Waals surface area contributed by atoms with Gasteiger partial charge in [0.25, 0.3) is 5.91 Å². The zero-order chi connectivity index (χ0) is 14.7. The summed E-state index contributed by atoms with van der Waals surface area (Å²) in [4.78, 5) is 24.6. The molecule has 0 saturated carbocycles. The van der Waals surface area contributed by atoms with Crippen LogP contribution in [0.3, 0.4) is 0 Å². The van der Waals surface area contributed by atoms with Crippen molar-refractivity contribution in [3.05, 3.63) is 56.3 Å². The Morgan fingerprint density at radius 3 is 2.75 bits per heavy atom. The van der Waals surface area contributed by atoms with Gasteiger partial charge in [0.15, 0.2) is 0 Å². The van der Waals surface area contributed by atoms with E-state index in [1.165, 1.54) is 28.4 Å². The van der Waals surface area contributed by atoms with E-state index in [9.17, 15) is 20.0 Å². The SMILES string of the molecule is CN(Cc1cccs1)C(=O)c1cccc([N+](=O)[O-])c1O. The second-order valence-corrected chi connectivity index (χ2v) is 5.20. The minimum absolute atomic E-state index is 0.0711. The maximum atomic E-state index is 12.2. The van der Waals surface area contributed by atoms with Crippen LogP contribution in [0.25, 0.3) is 0 Å². The van der Waals surface area contributed by atoms with Crippen LogP contribution in [-0.4, -0.2) is 27.9 Å². The van der Waals surface area contributed by atoms with E-state index in [1.807, 2.05) is 17.5 Å². The maximum absolute atomic E-state index is 12.2. The van der Waals surface area contributed by atoms with Gasteiger partial charge in [-0.15, -0.1) is 11.3 Å². The van der Waals surface area contributed by atoms with E-state index >= 15 is 0 Å². The summed E-state index contributed by atoms with van der Waals surface area (Å²) in [5.74, 6) is -1.06. The molecule has 1 aromatic heterocycles. The highest BCUT2D eigenvalue weighted by atomic mass is 32.1. The minimum Gasteiger partial charge on any atom is -0.502 e. The average Bonchev–Trinajstić information content (AvgIpc) is 2.90. The van der Waals surface area contributed by atoms with Gasteiger partial charge in [-0.25, -0.2) is 0 Å². The Bertz CT molecular complexity index is 640. The van der Waals surface area contributed by atoms with Crippen LogP contribution in [0.4, 0.5) is 5.69 Å². The van der Waals surface area contributed by atoms with Gasteiger partial charge in [0, 0.05) is 18.0 Å². The summed E-state index contributed by atoms with van der Waals surface area (Å²) < 4.78 is 0. The number of phenolic OH excluding ortho intramolecular Hbond substituents is 1. The number of carbonyl (C=O) groups is 1. The number of hydrogen-bond acceptors (Lipinski definition) is 5. The van der Waals surface area contributed by atoms with E-state index < -0.39 is 22.3 Å². The molecule has 0 bridgehead atoms. The number of benzene rings is 1. The van der Waals surface area contributed by atoms with Gasteiger partial charge in [-0.05, 0) is 17.5 Å². The Morgan fingerprint density at radius 2 is 2.15 bits per heavy atom. The topological polar surface area (TPSA) is 83.7 Å². The van der Waals surface area contributed by atoms with E-state index in [4.69, 9.17) is 0 Å². The predicted octanol–water partition coefficient (Wildman–Crippen LogP) is 2.63. The van der Waals surface area contributed by atoms with Gasteiger partial charge in [-0.2, -0.15) is 0 Å². The molecule has 1 amide bonds. The summed E-state index contributed by atoms with van der Waals surface area (Å²) in [5.41, 5.74) is -0.543. The summed E-state index contributed by atoms with van der Waals surface area (Å²) in [5, 5.41) is 22.5. The van der Waals surface area contributed by atoms with Crippen molar-refractivity contribution in [2.75, 3.05) is 7.05 Å². The molecule has 0 radical (unpaired) electrons. The summed E-state index contributed by atoms with van der Waals surface area (Å²) in [6, 6.07) is 7.68. The van der Waals surface area contributed by atoms with Crippen LogP contribution in [0.1, 0.15) is 15.2 Å². The number of carbonyl (C=O) groups excluding carboxylic acids is 1. The van der Waals surface area contributed by atoms with Crippen molar-refractivity contribution in [1.29, 1.82) is 0 Å². The molecule has 0 spiro atoms. The third-order valence-corrected chi connectivity index (χ3v) is 3.62. The molecule has 1 aromatic carbocycles. The number of nitro groups is 1. The molecular weight excluding hydrogens is 280 g/mol. The van der Waals surface area contributed by atoms with Crippen LogP contribution in [0.5, 0.6) is 5.75 Å². The number of nitro benzene ring substituents is 1. The molecule has 0 saturated heterocycles. The number of aromatic hydroxyl groups is 1. The fourth-order valence-corrected chi connectivity index (χ4v) is 2.52. The summed E-state index contributed by atoms with van der Waals surface area (Å²) in [6.45, 7) is 0.388. The van der Waals surface area contributed by atoms with Crippen molar-refractivity contribution in [1.82, 2.24) is 4.90 Å². The number of amides is 1. The Labute approximate surface area is 119 Å². The summed E-state index contributed by atoms with van der Waals surface area (Å²) in [7, 11) is 1.58. The normalized spacial score (nSPS) is 10.2. The van der Waals surface area contributed by atoms with Crippen molar-refractivity contribution >= 4 is 22.9 Å². The number of nitrogens with zero attached hydrogens (tertiary/aromatic N) is 2. The first-order chi connectivity index (χ1) is 9.50. The number of phenols is 1. The number of hydrogen-bond donors (Lipinski definition) is 1. The Balaban J connectivity index is 2.25. The molecule has 0 aliphatic rings. The van der Waals surface area contributed by atoms with Crippen LogP contribution in [0.2, 0.25) is 0 Å². The summed E-state index contributed by atoms with van der Waals surface area (Å²) >= 11 is 1.51. The zero-order valence-corrected chi connectivity index (χ0v) is 11.5. The fourth-order valence-electron chi connectivity index (χ4n) is 1.76. The van der Waals surface area contributed by atoms with Gasteiger partial charge in [0.1, 0.15) is 0 Å². The van der Waals surface area contributed by atoms with Crippen LogP contribution < -0.4 is 0 Å². The number of para-hydroxylation sites is 1. The smallest absolute Gasteiger partial charge is 0.311 e. The third-order valence-electron chi connectivity index (χ3n) is 2.76. The number of rotatable bonds is 4. The first kappa shape index (κ1) is 14.0. The predicted molar refractivity (Wildman–Crippen MR) is 74.9 cm³/mol. The van der Waals surface area contributed by atoms with Gasteiger partial charge < -0.3 is 10.0 Å². The molecule has 1 heterocycles. The molecule has 20 heavy (non-hydrogen) atoms. The van der Waals surface area contributed by atoms with Gasteiger partial charge in [-0.3, -0.25) is 14.9 Å². The third kappa shape index (κ3) is 2.77. The molecule has 7 heteroatoms. The molecule has 2 aromatic rings. The van der Waals surface area contributed by atoms with Crippen molar-refractivity contribution < 1.29 is 14.8 Å². The fraction of sp³-hybridized carbons (Fsp3) is 0.154. The van der Waals surface area contributed by atoms with Gasteiger partial charge >= 0.3 is 5.69 Å². The van der Waals surface area contributed by atoms with Gasteiger partial charge in [0.05, 0.1) is 17.0 Å². The van der Waals surface area contributed by atoms with E-state index in [0.717, 1.165) is 10.9 Å². The van der Waals surface area contributed by atoms with Gasteiger partial charge in [-0.1, -0.05) is 12.1 Å². The van der Waals surface area contributed by atoms with Gasteiger partial charge in [0.2, 0.25) is 5.75 Å². The van der Waals surface area contributed by atoms with Crippen molar-refractivity contribution in [2.45, 2.75) is 6.54 Å². The Hall–Kier alpha value is -2.41. The molecule has 6 nitrogen and oxygen atoms in total. The molecule has 0 atom stereocenters. The molecule has 2 rings (SSSR count). The molecule has 0 fully saturated rings. The van der Waals surface area contributed by atoms with Crippen LogP contribution >= 0.6 is 11.3 Å². The van der Waals surface area contributed by atoms with Crippen molar-refractivity contribution in [2.24, 2.45) is 0 Å². The van der Waals surface area contributed by atoms with E-state index in [1.54, 1.807) is 7.05 Å². The van der Waals surface area contributed by atoms with Crippen LogP contribution in [0.15, 0.2) is 35.7 Å². The first-order valence-corrected chi connectivity index (χ1v) is 6.63. The Morgan fingerprint density at radius 1 is 1.40 bits per heavy atom. The molecular formula is C13H12N2O4S. The second kappa shape index (κ2) is 5.70. The lowest BCUT2D eigenvalue weighted by Gasteiger charge is -2.16. The summed E-state index contributed by atoms with van der Waals surface area (Å²) in [6.07, 6.45) is 0. The van der Waals surface area contributed by atoms with Crippen LogP contribution in [-0.2, 0) is 6.54 Å². The second-order valence-electron chi connectivity index (χ2n) is 4.17. The monoisotopic (exact) mass is 292 g/mol. The average molecular weight is 292 g/mol. The lowest BCUT2D eigenvalue weighted by atomic mass is 10.1. The largest absolute Gasteiger partial charge is 0.502 e. The van der Waals surface area contributed by atoms with E-state index in [2.05, 4.69) is 0 Å². The van der Waals surface area contributed by atoms with Crippen molar-refractivity contribution in [3.8, 4) is 5.75 Å². The molecule has 0 aliphatic heterocycles. The lowest BCUT2D eigenvalue weighted by molar-refractivity contribution is -0.385. The quantitative estimate of drug-likeness (QED) is 0.693. The maximum Gasteiger partial charge on any atom is 0.311 e. The van der Waals surface area contributed by atoms with Crippen molar-refractivity contribution in [3.63, 3.8) is 0 Å².